The van der Waals surface area contributed by atoms with Gasteiger partial charge in [-0.2, -0.15) is 9.97 Å². The number of aliphatic imine (C=N–C) groups is 2. The first-order valence-electron chi connectivity index (χ1n) is 12.7. The molecule has 2 saturated heterocycles. The van der Waals surface area contributed by atoms with Gasteiger partial charge >= 0.3 is 5.97 Å². The molecule has 0 radical (unpaired) electrons. The summed E-state index contributed by atoms with van der Waals surface area (Å²) in [4.78, 5) is 40.1. The maximum atomic E-state index is 12.3. The zero-order valence-corrected chi connectivity index (χ0v) is 22.4. The van der Waals surface area contributed by atoms with Crippen LogP contribution in [0.15, 0.2) is 16.1 Å². The lowest BCUT2D eigenvalue weighted by Gasteiger charge is -2.34. The molecule has 2 aliphatic heterocycles. The Morgan fingerprint density at radius 2 is 1.56 bits per heavy atom. The lowest BCUT2D eigenvalue weighted by molar-refractivity contribution is 0.0531. The van der Waals surface area contributed by atoms with Crippen LogP contribution in [0.3, 0.4) is 0 Å². The Balaban J connectivity index is 1.58. The molecule has 2 aromatic rings. The number of anilines is 4. The first-order valence-corrected chi connectivity index (χ1v) is 13.5. The molecular weight excluding hydrogens is 476 g/mol. The Morgan fingerprint density at radius 1 is 1.03 bits per heavy atom. The summed E-state index contributed by atoms with van der Waals surface area (Å²) in [6.45, 7) is 7.62. The van der Waals surface area contributed by atoms with Crippen molar-refractivity contribution < 1.29 is 9.53 Å². The molecule has 4 rings (SSSR count). The van der Waals surface area contributed by atoms with E-state index in [0.717, 1.165) is 63.5 Å². The number of esters is 1. The number of aryl methyl sites for hydroxylation is 1. The minimum Gasteiger partial charge on any atom is -0.462 e. The normalized spacial score (nSPS) is 17.9. The Morgan fingerprint density at radius 3 is 2.03 bits per heavy atom. The second-order valence-electron chi connectivity index (χ2n) is 9.15. The van der Waals surface area contributed by atoms with Crippen LogP contribution in [0, 0.1) is 18.8 Å². The Bertz CT molecular complexity index is 1040. The molecule has 2 fully saturated rings. The third-order valence-electron chi connectivity index (χ3n) is 6.62. The van der Waals surface area contributed by atoms with Crippen LogP contribution in [-0.2, 0) is 4.74 Å². The minimum absolute atomic E-state index is 0.328. The number of ether oxygens (including phenoxy) is 1. The van der Waals surface area contributed by atoms with Crippen LogP contribution < -0.4 is 15.1 Å². The van der Waals surface area contributed by atoms with Gasteiger partial charge in [-0.05, 0) is 51.4 Å². The highest BCUT2D eigenvalue weighted by atomic mass is 32.1. The molecule has 0 spiro atoms. The fourth-order valence-electron chi connectivity index (χ4n) is 4.71. The van der Waals surface area contributed by atoms with Gasteiger partial charge in [0.25, 0.3) is 0 Å². The number of carbonyl (C=O) groups is 1. The summed E-state index contributed by atoms with van der Waals surface area (Å²) in [6, 6.07) is 2.10. The van der Waals surface area contributed by atoms with Gasteiger partial charge in [0.05, 0.1) is 12.3 Å². The summed E-state index contributed by atoms with van der Waals surface area (Å²) in [5, 5.41) is 3.84. The van der Waals surface area contributed by atoms with Gasteiger partial charge in [0.2, 0.25) is 5.95 Å². The van der Waals surface area contributed by atoms with Gasteiger partial charge in [-0.1, -0.05) is 11.3 Å². The minimum atomic E-state index is -0.354. The number of nitrogens with one attached hydrogen (secondary N) is 1. The van der Waals surface area contributed by atoms with Crippen LogP contribution in [0.25, 0.3) is 0 Å². The molecule has 0 saturated carbocycles. The molecule has 194 valence electrons. The van der Waals surface area contributed by atoms with Crippen LogP contribution in [0.2, 0.25) is 0 Å². The maximum Gasteiger partial charge on any atom is 0.350 e. The van der Waals surface area contributed by atoms with Gasteiger partial charge in [0.15, 0.2) is 5.13 Å². The predicted octanol–water partition coefficient (Wildman–Crippen LogP) is 4.00. The molecule has 0 aliphatic carbocycles. The van der Waals surface area contributed by atoms with Crippen molar-refractivity contribution >= 4 is 52.5 Å². The van der Waals surface area contributed by atoms with Crippen molar-refractivity contribution in [2.45, 2.75) is 39.5 Å². The largest absolute Gasteiger partial charge is 0.462 e. The molecule has 0 amide bonds. The molecule has 2 aliphatic rings. The van der Waals surface area contributed by atoms with Crippen molar-refractivity contribution in [1.29, 1.82) is 0 Å². The van der Waals surface area contributed by atoms with Crippen molar-refractivity contribution in [3.8, 4) is 0 Å². The second-order valence-corrected chi connectivity index (χ2v) is 10.1. The summed E-state index contributed by atoms with van der Waals surface area (Å²) < 4.78 is 5.16. The third kappa shape index (κ3) is 6.37. The van der Waals surface area contributed by atoms with Gasteiger partial charge in [-0.25, -0.2) is 9.78 Å². The van der Waals surface area contributed by atoms with E-state index >= 15 is 0 Å². The second kappa shape index (κ2) is 12.2. The molecule has 4 heterocycles. The molecular formula is C25H36N8O2S. The van der Waals surface area contributed by atoms with E-state index in [4.69, 9.17) is 14.7 Å². The van der Waals surface area contributed by atoms with E-state index in [0.29, 0.717) is 40.1 Å². The van der Waals surface area contributed by atoms with Gasteiger partial charge in [0.1, 0.15) is 16.5 Å². The quantitative estimate of drug-likeness (QED) is 0.418. The number of aromatic nitrogens is 3. The monoisotopic (exact) mass is 512 g/mol. The molecule has 10 nitrogen and oxygen atoms in total. The van der Waals surface area contributed by atoms with E-state index < -0.39 is 0 Å². The molecule has 1 N–H and O–H groups in total. The SMILES string of the molecule is CCOC(=O)c1sc(Nc2nc(N3CCC(C=NC)CC3)cc(N3CCC(C=NC)CC3)n2)nc1C. The van der Waals surface area contributed by atoms with Crippen LogP contribution in [-0.4, -0.2) is 80.2 Å². The molecule has 2 aromatic heterocycles. The van der Waals surface area contributed by atoms with Gasteiger partial charge in [-0.15, -0.1) is 0 Å². The number of rotatable bonds is 8. The highest BCUT2D eigenvalue weighted by Crippen LogP contribution is 2.30. The van der Waals surface area contributed by atoms with E-state index in [1.54, 1.807) is 6.92 Å². The number of nitrogens with zero attached hydrogens (tertiary/aromatic N) is 7. The summed E-state index contributed by atoms with van der Waals surface area (Å²) in [5.41, 5.74) is 0.636. The van der Waals surface area contributed by atoms with Crippen molar-refractivity contribution in [2.75, 3.05) is 62.0 Å². The Hall–Kier alpha value is -3.08. The van der Waals surface area contributed by atoms with Gasteiger partial charge < -0.3 is 24.5 Å². The van der Waals surface area contributed by atoms with E-state index in [-0.39, 0.29) is 5.97 Å². The van der Waals surface area contributed by atoms with Crippen LogP contribution >= 0.6 is 11.3 Å². The van der Waals surface area contributed by atoms with Gasteiger partial charge in [0, 0.05) is 58.8 Å². The maximum absolute atomic E-state index is 12.3. The topological polar surface area (TPSA) is 108 Å². The average molecular weight is 513 g/mol. The first-order chi connectivity index (χ1) is 17.5. The lowest BCUT2D eigenvalue weighted by atomic mass is 9.98. The van der Waals surface area contributed by atoms with E-state index in [1.165, 1.54) is 11.3 Å². The Kier molecular flexibility index (Phi) is 8.84. The average Bonchev–Trinajstić information content (AvgIpc) is 3.25. The standard InChI is InChI=1S/C25H36N8O2S/c1-5-35-23(34)22-17(2)28-25(36-22)31-24-29-20(32-10-6-18(7-11-32)15-26-3)14-21(30-24)33-12-8-19(9-13-33)16-27-4/h14-16,18-19H,5-13H2,1-4H3,(H,28,29,30,31). The Labute approximate surface area is 216 Å². The van der Waals surface area contributed by atoms with Crippen molar-refractivity contribution in [3.63, 3.8) is 0 Å². The zero-order valence-electron chi connectivity index (χ0n) is 21.6. The smallest absolute Gasteiger partial charge is 0.350 e. The molecule has 0 bridgehead atoms. The summed E-state index contributed by atoms with van der Waals surface area (Å²) >= 11 is 1.26. The number of hydrogen-bond donors (Lipinski definition) is 1. The van der Waals surface area contributed by atoms with Crippen LogP contribution in [0.1, 0.15) is 48.0 Å². The fraction of sp³-hybridized carbons (Fsp3) is 0.600. The molecule has 0 aromatic carbocycles. The van der Waals surface area contributed by atoms with Crippen molar-refractivity contribution in [2.24, 2.45) is 21.8 Å². The summed E-state index contributed by atoms with van der Waals surface area (Å²) in [5.74, 6) is 2.98. The molecule has 0 unspecified atom stereocenters. The predicted molar refractivity (Wildman–Crippen MR) is 147 cm³/mol. The fourth-order valence-corrected chi connectivity index (χ4v) is 5.56. The highest BCUT2D eigenvalue weighted by Gasteiger charge is 2.24. The summed E-state index contributed by atoms with van der Waals surface area (Å²) in [6.07, 6.45) is 8.33. The number of hydrogen-bond acceptors (Lipinski definition) is 11. The van der Waals surface area contributed by atoms with Crippen molar-refractivity contribution in [1.82, 2.24) is 15.0 Å². The van der Waals surface area contributed by atoms with Gasteiger partial charge in [-0.3, -0.25) is 5.32 Å². The van der Waals surface area contributed by atoms with E-state index in [1.807, 2.05) is 21.0 Å². The number of piperidine rings is 2. The summed E-state index contributed by atoms with van der Waals surface area (Å²) in [7, 11) is 3.68. The third-order valence-corrected chi connectivity index (χ3v) is 7.68. The molecule has 0 atom stereocenters. The van der Waals surface area contributed by atoms with Crippen LogP contribution in [0.4, 0.5) is 22.7 Å². The van der Waals surface area contributed by atoms with Crippen LogP contribution in [0.5, 0.6) is 0 Å². The lowest BCUT2D eigenvalue weighted by Crippen LogP contribution is -2.37. The molecule has 36 heavy (non-hydrogen) atoms. The highest BCUT2D eigenvalue weighted by molar-refractivity contribution is 7.17. The number of thiazole rings is 1. The van der Waals surface area contributed by atoms with E-state index in [9.17, 15) is 4.79 Å². The van der Waals surface area contributed by atoms with Crippen molar-refractivity contribution in [3.05, 3.63) is 16.6 Å². The molecule has 11 heteroatoms. The zero-order chi connectivity index (χ0) is 25.5. The van der Waals surface area contributed by atoms with E-state index in [2.05, 4.69) is 48.6 Å². The first kappa shape index (κ1) is 26.0. The number of carbonyl (C=O) groups excluding carboxylic acids is 1.